The van der Waals surface area contributed by atoms with Gasteiger partial charge in [0.05, 0.1) is 18.2 Å². The summed E-state index contributed by atoms with van der Waals surface area (Å²) >= 11 is 0. The third kappa shape index (κ3) is 5.13. The molecule has 4 rings (SSSR count). The molecule has 0 unspecified atom stereocenters. The number of hydrazone groups is 1. The van der Waals surface area contributed by atoms with Crippen molar-refractivity contribution in [1.29, 1.82) is 0 Å². The van der Waals surface area contributed by atoms with E-state index in [4.69, 9.17) is 4.74 Å². The van der Waals surface area contributed by atoms with Gasteiger partial charge in [0, 0.05) is 37.5 Å². The molecule has 1 N–H and O–H groups in total. The number of hydrogen-bond donors (Lipinski definition) is 1. The van der Waals surface area contributed by atoms with Crippen LogP contribution < -0.4 is 14.6 Å². The van der Waals surface area contributed by atoms with Crippen LogP contribution >= 0.6 is 0 Å². The van der Waals surface area contributed by atoms with E-state index in [1.165, 1.54) is 23.2 Å². The minimum absolute atomic E-state index is 0.0486. The summed E-state index contributed by atoms with van der Waals surface area (Å²) in [5.41, 5.74) is 1.92. The van der Waals surface area contributed by atoms with E-state index in [9.17, 15) is 23.1 Å². The maximum absolute atomic E-state index is 13.4. The number of aliphatic carboxylic acids is 1. The molecule has 1 saturated heterocycles. The molecule has 2 aromatic rings. The SMILES string of the molecule is Cc1ccccc1N1CCC(Oc2ccc(N3N=C(C(F)(F)F)[C@@H](C)[C@@H]3CC(=O)O)cc2)CC1. The van der Waals surface area contributed by atoms with Gasteiger partial charge in [-0.1, -0.05) is 25.1 Å². The van der Waals surface area contributed by atoms with Crippen LogP contribution in [-0.4, -0.2) is 48.2 Å². The summed E-state index contributed by atoms with van der Waals surface area (Å²) in [5.74, 6) is -1.59. The van der Waals surface area contributed by atoms with Crippen molar-refractivity contribution < 1.29 is 27.8 Å². The minimum Gasteiger partial charge on any atom is -0.490 e. The Morgan fingerprint density at radius 3 is 2.35 bits per heavy atom. The molecular weight excluding hydrogens is 447 g/mol. The van der Waals surface area contributed by atoms with Crippen molar-refractivity contribution in [3.63, 3.8) is 0 Å². The first kappa shape index (κ1) is 23.9. The molecule has 34 heavy (non-hydrogen) atoms. The summed E-state index contributed by atoms with van der Waals surface area (Å²) in [5, 5.41) is 14.1. The number of ether oxygens (including phenoxy) is 1. The molecule has 2 atom stereocenters. The average molecular weight is 476 g/mol. The molecule has 1 fully saturated rings. The number of hydrogen-bond acceptors (Lipinski definition) is 5. The highest BCUT2D eigenvalue weighted by Gasteiger charge is 2.48. The number of piperidine rings is 1. The fourth-order valence-corrected chi connectivity index (χ4v) is 4.68. The van der Waals surface area contributed by atoms with Crippen molar-refractivity contribution in [3.8, 4) is 5.75 Å². The van der Waals surface area contributed by atoms with Crippen LogP contribution in [0.4, 0.5) is 24.5 Å². The molecule has 2 aliphatic rings. The molecule has 2 aromatic carbocycles. The van der Waals surface area contributed by atoms with E-state index in [1.54, 1.807) is 24.3 Å². The van der Waals surface area contributed by atoms with Gasteiger partial charge in [-0.2, -0.15) is 18.3 Å². The van der Waals surface area contributed by atoms with Crippen molar-refractivity contribution in [2.24, 2.45) is 11.0 Å². The van der Waals surface area contributed by atoms with Crippen molar-refractivity contribution >= 4 is 23.1 Å². The maximum atomic E-state index is 13.4. The van der Waals surface area contributed by atoms with Crippen molar-refractivity contribution in [2.75, 3.05) is 23.0 Å². The number of carbonyl (C=O) groups is 1. The molecule has 0 spiro atoms. The molecular formula is C25H28F3N3O3. The second-order valence-corrected chi connectivity index (χ2v) is 8.87. The van der Waals surface area contributed by atoms with Crippen LogP contribution in [0, 0.1) is 12.8 Å². The molecule has 2 heterocycles. The van der Waals surface area contributed by atoms with Gasteiger partial charge in [0.25, 0.3) is 0 Å². The Morgan fingerprint density at radius 1 is 1.12 bits per heavy atom. The van der Waals surface area contributed by atoms with Crippen LogP contribution in [-0.2, 0) is 4.79 Å². The zero-order valence-corrected chi connectivity index (χ0v) is 19.1. The molecule has 182 valence electrons. The Labute approximate surface area is 196 Å². The zero-order valence-electron chi connectivity index (χ0n) is 19.1. The summed E-state index contributed by atoms with van der Waals surface area (Å²) in [6.45, 7) is 5.22. The molecule has 0 amide bonds. The van der Waals surface area contributed by atoms with Crippen molar-refractivity contribution in [2.45, 2.75) is 51.4 Å². The van der Waals surface area contributed by atoms with Gasteiger partial charge in [0.15, 0.2) is 0 Å². The van der Waals surface area contributed by atoms with Gasteiger partial charge in [-0.05, 0) is 42.8 Å². The van der Waals surface area contributed by atoms with E-state index >= 15 is 0 Å². The molecule has 6 nitrogen and oxygen atoms in total. The number of rotatable bonds is 6. The lowest BCUT2D eigenvalue weighted by Gasteiger charge is -2.34. The van der Waals surface area contributed by atoms with Crippen LogP contribution in [0.25, 0.3) is 0 Å². The monoisotopic (exact) mass is 475 g/mol. The number of carboxylic acid groups (broad SMARTS) is 1. The Bertz CT molecular complexity index is 1050. The number of para-hydroxylation sites is 1. The summed E-state index contributed by atoms with van der Waals surface area (Å²) < 4.78 is 46.2. The Kier molecular flexibility index (Phi) is 6.72. The molecule has 0 aliphatic carbocycles. The lowest BCUT2D eigenvalue weighted by Crippen LogP contribution is -2.38. The van der Waals surface area contributed by atoms with E-state index in [-0.39, 0.29) is 6.10 Å². The Hall–Kier alpha value is -3.23. The fourth-order valence-electron chi connectivity index (χ4n) is 4.68. The molecule has 2 aliphatic heterocycles. The Balaban J connectivity index is 1.41. The molecule has 0 radical (unpaired) electrons. The van der Waals surface area contributed by atoms with E-state index < -0.39 is 36.2 Å². The second-order valence-electron chi connectivity index (χ2n) is 8.87. The number of aryl methyl sites for hydroxylation is 1. The predicted molar refractivity (Wildman–Crippen MR) is 125 cm³/mol. The lowest BCUT2D eigenvalue weighted by atomic mass is 9.94. The number of carboxylic acids is 1. The van der Waals surface area contributed by atoms with Crippen LogP contribution in [0.5, 0.6) is 5.75 Å². The van der Waals surface area contributed by atoms with Crippen LogP contribution in [0.2, 0.25) is 0 Å². The van der Waals surface area contributed by atoms with E-state index in [0.717, 1.165) is 25.9 Å². The molecule has 0 saturated carbocycles. The van der Waals surface area contributed by atoms with Gasteiger partial charge in [-0.3, -0.25) is 9.80 Å². The number of benzene rings is 2. The molecule has 0 bridgehead atoms. The van der Waals surface area contributed by atoms with Gasteiger partial charge >= 0.3 is 12.1 Å². The Morgan fingerprint density at radius 2 is 1.76 bits per heavy atom. The third-order valence-corrected chi connectivity index (χ3v) is 6.51. The highest BCUT2D eigenvalue weighted by atomic mass is 19.4. The number of alkyl halides is 3. The predicted octanol–water partition coefficient (Wildman–Crippen LogP) is 5.26. The summed E-state index contributed by atoms with van der Waals surface area (Å²) in [4.78, 5) is 13.6. The largest absolute Gasteiger partial charge is 0.490 e. The van der Waals surface area contributed by atoms with Crippen LogP contribution in [0.1, 0.15) is 31.7 Å². The van der Waals surface area contributed by atoms with Crippen molar-refractivity contribution in [3.05, 3.63) is 54.1 Å². The van der Waals surface area contributed by atoms with Gasteiger partial charge in [0.2, 0.25) is 0 Å². The third-order valence-electron chi connectivity index (χ3n) is 6.51. The first-order chi connectivity index (χ1) is 16.1. The number of anilines is 2. The second kappa shape index (κ2) is 9.56. The first-order valence-corrected chi connectivity index (χ1v) is 11.4. The summed E-state index contributed by atoms with van der Waals surface area (Å²) in [7, 11) is 0. The minimum atomic E-state index is -4.61. The van der Waals surface area contributed by atoms with E-state index in [0.29, 0.717) is 11.4 Å². The average Bonchev–Trinajstić information content (AvgIpc) is 3.11. The molecule has 0 aromatic heterocycles. The van der Waals surface area contributed by atoms with Gasteiger partial charge in [-0.15, -0.1) is 0 Å². The topological polar surface area (TPSA) is 65.4 Å². The van der Waals surface area contributed by atoms with E-state index in [1.807, 2.05) is 12.1 Å². The van der Waals surface area contributed by atoms with Crippen LogP contribution in [0.15, 0.2) is 53.6 Å². The highest BCUT2D eigenvalue weighted by molar-refractivity contribution is 5.95. The zero-order chi connectivity index (χ0) is 24.5. The van der Waals surface area contributed by atoms with Gasteiger partial charge < -0.3 is 14.7 Å². The normalized spacial score (nSPS) is 21.5. The van der Waals surface area contributed by atoms with E-state index in [2.05, 4.69) is 29.1 Å². The number of nitrogens with zero attached hydrogens (tertiary/aromatic N) is 3. The van der Waals surface area contributed by atoms with Gasteiger partial charge in [0.1, 0.15) is 17.6 Å². The quantitative estimate of drug-likeness (QED) is 0.618. The summed E-state index contributed by atoms with van der Waals surface area (Å²) in [6, 6.07) is 14.0. The first-order valence-electron chi connectivity index (χ1n) is 11.4. The smallest absolute Gasteiger partial charge is 0.431 e. The number of halogens is 3. The van der Waals surface area contributed by atoms with Crippen molar-refractivity contribution in [1.82, 2.24) is 0 Å². The maximum Gasteiger partial charge on any atom is 0.431 e. The fraction of sp³-hybridized carbons (Fsp3) is 0.440. The standard InChI is InChI=1S/C25H28F3N3O3/c1-16-5-3-4-6-21(16)30-13-11-20(12-14-30)34-19-9-7-18(8-10-19)31-22(15-23(32)33)17(2)24(29-31)25(26,27)28/h3-10,17,20,22H,11-15H2,1-2H3,(H,32,33)/t17-,22-/m0/s1. The lowest BCUT2D eigenvalue weighted by molar-refractivity contribution is -0.137. The summed E-state index contributed by atoms with van der Waals surface area (Å²) in [6.07, 6.45) is -3.28. The highest BCUT2D eigenvalue weighted by Crippen LogP contribution is 2.37. The van der Waals surface area contributed by atoms with Crippen LogP contribution in [0.3, 0.4) is 0 Å². The molecule has 9 heteroatoms. The van der Waals surface area contributed by atoms with Gasteiger partial charge in [-0.25, -0.2) is 0 Å².